The topological polar surface area (TPSA) is 115 Å². The van der Waals surface area contributed by atoms with Gasteiger partial charge >= 0.3 is 0 Å². The van der Waals surface area contributed by atoms with Gasteiger partial charge in [0, 0.05) is 31.1 Å². The predicted octanol–water partition coefficient (Wildman–Crippen LogP) is 1.46. The summed E-state index contributed by atoms with van der Waals surface area (Å²) in [6, 6.07) is 3.05. The third kappa shape index (κ3) is 3.24. The second-order valence-corrected chi connectivity index (χ2v) is 6.65. The molecular formula is C17H19N5O3. The summed E-state index contributed by atoms with van der Waals surface area (Å²) in [4.78, 5) is 34.0. The van der Waals surface area contributed by atoms with Crippen LogP contribution in [0.15, 0.2) is 22.9 Å². The number of rotatable bonds is 4. The maximum absolute atomic E-state index is 12.7. The average Bonchev–Trinajstić information content (AvgIpc) is 3.38. The summed E-state index contributed by atoms with van der Waals surface area (Å²) in [6.07, 6.45) is 5.45. The summed E-state index contributed by atoms with van der Waals surface area (Å²) in [7, 11) is 0. The number of hydrogen-bond acceptors (Lipinski definition) is 6. The summed E-state index contributed by atoms with van der Waals surface area (Å²) >= 11 is 0. The molecule has 25 heavy (non-hydrogen) atoms. The molecule has 8 heteroatoms. The highest BCUT2D eigenvalue weighted by molar-refractivity contribution is 5.95. The molecule has 4 rings (SSSR count). The molecule has 3 heterocycles. The fourth-order valence-electron chi connectivity index (χ4n) is 3.13. The third-order valence-electron chi connectivity index (χ3n) is 4.72. The third-order valence-corrected chi connectivity index (χ3v) is 4.72. The molecule has 0 aromatic carbocycles. The van der Waals surface area contributed by atoms with Gasteiger partial charge in [-0.1, -0.05) is 5.16 Å². The Balaban J connectivity index is 1.46. The fourth-order valence-corrected chi connectivity index (χ4v) is 3.13. The minimum atomic E-state index is -0.611. The van der Waals surface area contributed by atoms with Crippen LogP contribution in [0.4, 0.5) is 0 Å². The van der Waals surface area contributed by atoms with E-state index in [1.54, 1.807) is 11.0 Å². The maximum Gasteiger partial charge on any atom is 0.267 e. The molecule has 2 N–H and O–H groups in total. The summed E-state index contributed by atoms with van der Waals surface area (Å²) in [6.45, 7) is 1.24. The first-order chi connectivity index (χ1) is 12.1. The monoisotopic (exact) mass is 341 g/mol. The molecule has 1 saturated heterocycles. The van der Waals surface area contributed by atoms with Gasteiger partial charge in [-0.05, 0) is 37.8 Å². The second-order valence-electron chi connectivity index (χ2n) is 6.65. The minimum Gasteiger partial charge on any atom is -0.364 e. The Hall–Kier alpha value is -2.77. The van der Waals surface area contributed by atoms with Crippen LogP contribution in [-0.4, -0.2) is 44.9 Å². The zero-order chi connectivity index (χ0) is 17.4. The molecule has 1 unspecified atom stereocenters. The molecule has 0 spiro atoms. The van der Waals surface area contributed by atoms with E-state index in [9.17, 15) is 9.59 Å². The number of piperidine rings is 1. The number of likely N-dealkylation sites (tertiary alicyclic amines) is 1. The van der Waals surface area contributed by atoms with E-state index in [-0.39, 0.29) is 17.5 Å². The Morgan fingerprint density at radius 2 is 2.04 bits per heavy atom. The lowest BCUT2D eigenvalue weighted by molar-refractivity contribution is 0.0702. The molecule has 2 aromatic rings. The van der Waals surface area contributed by atoms with Crippen LogP contribution in [0.3, 0.4) is 0 Å². The van der Waals surface area contributed by atoms with Crippen molar-refractivity contribution < 1.29 is 14.1 Å². The van der Waals surface area contributed by atoms with Crippen LogP contribution in [-0.2, 0) is 0 Å². The van der Waals surface area contributed by atoms with Gasteiger partial charge in [-0.25, -0.2) is 0 Å². The molecular weight excluding hydrogens is 322 g/mol. The largest absolute Gasteiger partial charge is 0.364 e. The number of aromatic nitrogens is 3. The number of hydrogen-bond donors (Lipinski definition) is 1. The van der Waals surface area contributed by atoms with E-state index in [1.807, 2.05) is 0 Å². The highest BCUT2D eigenvalue weighted by Gasteiger charge is 2.33. The number of pyridine rings is 1. The van der Waals surface area contributed by atoms with Crippen molar-refractivity contribution in [1.29, 1.82) is 0 Å². The van der Waals surface area contributed by atoms with Crippen molar-refractivity contribution in [1.82, 2.24) is 20.0 Å². The summed E-state index contributed by atoms with van der Waals surface area (Å²) < 4.78 is 5.34. The van der Waals surface area contributed by atoms with E-state index in [0.717, 1.165) is 31.6 Å². The van der Waals surface area contributed by atoms with Crippen molar-refractivity contribution in [2.75, 3.05) is 13.1 Å². The maximum atomic E-state index is 12.7. The lowest BCUT2D eigenvalue weighted by atomic mass is 9.97. The van der Waals surface area contributed by atoms with E-state index in [4.69, 9.17) is 10.3 Å². The first-order valence-electron chi connectivity index (χ1n) is 8.50. The molecule has 1 saturated carbocycles. The zero-order valence-electron chi connectivity index (χ0n) is 13.7. The number of carbonyl (C=O) groups excluding carboxylic acids is 2. The van der Waals surface area contributed by atoms with Gasteiger partial charge in [0.15, 0.2) is 5.82 Å². The standard InChI is InChI=1S/C17H19N5O3/c18-14(23)13-6-5-11(8-19-13)17(24)22-7-1-2-12(9-22)15-20-16(25-21-15)10-3-4-10/h5-6,8,10,12H,1-4,7,9H2,(H2,18,23). The summed E-state index contributed by atoms with van der Waals surface area (Å²) in [5.74, 6) is 1.22. The molecule has 1 aliphatic carbocycles. The lowest BCUT2D eigenvalue weighted by Crippen LogP contribution is -2.39. The van der Waals surface area contributed by atoms with E-state index in [0.29, 0.717) is 30.4 Å². The Bertz CT molecular complexity index is 797. The Morgan fingerprint density at radius 1 is 1.20 bits per heavy atom. The van der Waals surface area contributed by atoms with E-state index in [1.165, 1.54) is 12.3 Å². The van der Waals surface area contributed by atoms with Crippen molar-refractivity contribution in [3.05, 3.63) is 41.3 Å². The predicted molar refractivity (Wildman–Crippen MR) is 86.9 cm³/mol. The van der Waals surface area contributed by atoms with Crippen molar-refractivity contribution in [2.24, 2.45) is 5.73 Å². The van der Waals surface area contributed by atoms with Crippen molar-refractivity contribution in [3.63, 3.8) is 0 Å². The number of nitrogens with zero attached hydrogens (tertiary/aromatic N) is 4. The van der Waals surface area contributed by atoms with E-state index in [2.05, 4.69) is 15.1 Å². The van der Waals surface area contributed by atoms with Gasteiger partial charge in [0.2, 0.25) is 5.89 Å². The van der Waals surface area contributed by atoms with Crippen LogP contribution >= 0.6 is 0 Å². The molecule has 0 bridgehead atoms. The zero-order valence-corrected chi connectivity index (χ0v) is 13.7. The Kier molecular flexibility index (Phi) is 3.95. The van der Waals surface area contributed by atoms with Crippen LogP contribution in [0.5, 0.6) is 0 Å². The smallest absolute Gasteiger partial charge is 0.267 e. The molecule has 2 fully saturated rings. The van der Waals surface area contributed by atoms with Crippen LogP contribution in [0, 0.1) is 0 Å². The molecule has 1 atom stereocenters. The first kappa shape index (κ1) is 15.7. The molecule has 2 amide bonds. The molecule has 2 aliphatic rings. The van der Waals surface area contributed by atoms with Gasteiger partial charge in [-0.15, -0.1) is 0 Å². The van der Waals surface area contributed by atoms with Crippen molar-refractivity contribution in [2.45, 2.75) is 37.5 Å². The number of amides is 2. The van der Waals surface area contributed by atoms with Gasteiger partial charge in [0.1, 0.15) is 5.69 Å². The Labute approximate surface area is 144 Å². The van der Waals surface area contributed by atoms with E-state index >= 15 is 0 Å². The number of primary amides is 1. The average molecular weight is 341 g/mol. The second kappa shape index (κ2) is 6.27. The van der Waals surface area contributed by atoms with Crippen LogP contribution < -0.4 is 5.73 Å². The molecule has 8 nitrogen and oxygen atoms in total. The van der Waals surface area contributed by atoms with Gasteiger partial charge in [-0.2, -0.15) is 4.98 Å². The number of carbonyl (C=O) groups is 2. The summed E-state index contributed by atoms with van der Waals surface area (Å²) in [5.41, 5.74) is 5.76. The SMILES string of the molecule is NC(=O)c1ccc(C(=O)N2CCCC(c3noc(C4CC4)n3)C2)cn1. The van der Waals surface area contributed by atoms with Crippen LogP contribution in [0.2, 0.25) is 0 Å². The molecule has 1 aliphatic heterocycles. The van der Waals surface area contributed by atoms with Crippen molar-refractivity contribution in [3.8, 4) is 0 Å². The normalized spacial score (nSPS) is 20.5. The highest BCUT2D eigenvalue weighted by atomic mass is 16.5. The minimum absolute atomic E-state index is 0.0896. The highest BCUT2D eigenvalue weighted by Crippen LogP contribution is 2.39. The summed E-state index contributed by atoms with van der Waals surface area (Å²) in [5, 5.41) is 4.11. The fraction of sp³-hybridized carbons (Fsp3) is 0.471. The van der Waals surface area contributed by atoms with Crippen LogP contribution in [0.1, 0.15) is 70.1 Å². The van der Waals surface area contributed by atoms with Gasteiger partial charge < -0.3 is 15.2 Å². The van der Waals surface area contributed by atoms with Gasteiger partial charge in [0.05, 0.1) is 5.56 Å². The quantitative estimate of drug-likeness (QED) is 0.900. The molecule has 2 aromatic heterocycles. The van der Waals surface area contributed by atoms with Crippen molar-refractivity contribution >= 4 is 11.8 Å². The first-order valence-corrected chi connectivity index (χ1v) is 8.50. The van der Waals surface area contributed by atoms with E-state index < -0.39 is 5.91 Å². The Morgan fingerprint density at radius 3 is 2.72 bits per heavy atom. The number of nitrogens with two attached hydrogens (primary N) is 1. The van der Waals surface area contributed by atoms with Gasteiger partial charge in [-0.3, -0.25) is 14.6 Å². The molecule has 0 radical (unpaired) electrons. The van der Waals surface area contributed by atoms with Gasteiger partial charge in [0.25, 0.3) is 11.8 Å². The molecule has 130 valence electrons. The van der Waals surface area contributed by atoms with Crippen LogP contribution in [0.25, 0.3) is 0 Å². The lowest BCUT2D eigenvalue weighted by Gasteiger charge is -2.31.